The van der Waals surface area contributed by atoms with Gasteiger partial charge >= 0.3 is 0 Å². The molecule has 3 fully saturated rings. The summed E-state index contributed by atoms with van der Waals surface area (Å²) in [5.74, 6) is -1.74. The number of esters is 1. The number of hydrogen-bond donors (Lipinski definition) is 3. The number of carbonyl (C=O) groups excluding carboxylic acids is 1. The first kappa shape index (κ1) is 49.2. The van der Waals surface area contributed by atoms with Crippen molar-refractivity contribution < 1.29 is 86.0 Å². The minimum Gasteiger partial charge on any atom is -0.482 e. The first-order valence-corrected chi connectivity index (χ1v) is 19.5. The molecule has 3 saturated heterocycles. The predicted octanol–water partition coefficient (Wildman–Crippen LogP) is 4.74. The van der Waals surface area contributed by atoms with Gasteiger partial charge in [-0.05, 0) is 97.8 Å². The van der Waals surface area contributed by atoms with E-state index in [2.05, 4.69) is 11.8 Å². The second-order valence-corrected chi connectivity index (χ2v) is 17.4. The maximum atomic E-state index is 14.2. The van der Waals surface area contributed by atoms with E-state index in [1.165, 1.54) is 6.92 Å². The quantitative estimate of drug-likeness (QED) is 0.230. The molecule has 3 N–H and O–H groups in total. The standard InChI is InChI=1S/C40H74NO11.Y/c1-17-30-40(12,45)34(42)24(5)23(4)21(2)19-38(10,44)35(52-37-33(46-15)29(41(13)14)18-22(3)48-37)25(6)32(26(7)36(43)50-30)51-31-20-39(11,47-16)27(8)28(9)49-31;/h21-25,27-35,37,42,44-45H,17-20H2,1-16H3;/q-1;/t21-,22-,23+,24+,25+,27+,28+,29+,30-,31?,32+,33-,34-,35-,37+,38-,39-,40-;/m1./s1. The molecule has 3 aliphatic rings. The van der Waals surface area contributed by atoms with Crippen LogP contribution in [0.1, 0.15) is 109 Å². The number of aliphatic hydroxyl groups is 3. The molecule has 3 aliphatic heterocycles. The zero-order valence-electron chi connectivity index (χ0n) is 35.6. The molecular weight excluding hydrogens is 759 g/mol. The Morgan fingerprint density at radius 2 is 1.53 bits per heavy atom. The van der Waals surface area contributed by atoms with Crippen molar-refractivity contribution in [2.24, 2.45) is 29.6 Å². The van der Waals surface area contributed by atoms with Crippen LogP contribution < -0.4 is 0 Å². The molecule has 0 amide bonds. The number of hydrogen-bond acceptors (Lipinski definition) is 12. The normalized spacial score (nSPS) is 48.1. The zero-order chi connectivity index (χ0) is 39.7. The van der Waals surface area contributed by atoms with Crippen LogP contribution in [0.2, 0.25) is 0 Å². The Hall–Kier alpha value is 0.0439. The Kier molecular flexibility index (Phi) is 18.2. The number of cyclic esters (lactones) is 1. The number of ether oxygens (including phenoxy) is 7. The van der Waals surface area contributed by atoms with Crippen LogP contribution in [0.3, 0.4) is 0 Å². The Labute approximate surface area is 345 Å². The minimum absolute atomic E-state index is 0. The van der Waals surface area contributed by atoms with Crippen LogP contribution in [0.4, 0.5) is 0 Å². The van der Waals surface area contributed by atoms with Crippen molar-refractivity contribution in [3.05, 3.63) is 5.92 Å². The van der Waals surface area contributed by atoms with E-state index < -0.39 is 77.7 Å². The van der Waals surface area contributed by atoms with Crippen molar-refractivity contribution in [1.82, 2.24) is 4.90 Å². The largest absolute Gasteiger partial charge is 0.482 e. The smallest absolute Gasteiger partial charge is 0.185 e. The summed E-state index contributed by atoms with van der Waals surface area (Å²) in [6.45, 7) is 22.7. The number of carbonyl (C=O) groups is 1. The SMILES string of the molecule is CC[C@H]1OC(=O)[C-](C)[C@@H](OC2C[C@@](C)(OC)[C@@H](C)[C@H](C)O2)[C@H](C)[C@@H](O[C@@H]2O[C@H](C)C[C@H](N(C)C)[C@H]2OC)[C@](C)(O)C[C@@H](C)[C@H](C)[C@H](C)[C@@H](O)[C@]1(C)O.[Y]. The number of rotatable bonds is 8. The topological polar surface area (TPSA) is 146 Å². The fourth-order valence-corrected chi connectivity index (χ4v) is 9.03. The van der Waals surface area contributed by atoms with Gasteiger partial charge in [0.25, 0.3) is 0 Å². The molecule has 309 valence electrons. The molecule has 13 heteroatoms. The van der Waals surface area contributed by atoms with Crippen LogP contribution in [-0.2, 0) is 70.7 Å². The molecule has 0 aliphatic carbocycles. The minimum atomic E-state index is -1.75. The third kappa shape index (κ3) is 11.0. The molecule has 0 saturated carbocycles. The molecule has 1 unspecified atom stereocenters. The van der Waals surface area contributed by atoms with Gasteiger partial charge in [0.2, 0.25) is 0 Å². The van der Waals surface area contributed by atoms with Gasteiger partial charge in [-0.25, -0.2) is 5.92 Å². The first-order chi connectivity index (χ1) is 24.0. The Morgan fingerprint density at radius 3 is 2.06 bits per heavy atom. The van der Waals surface area contributed by atoms with E-state index >= 15 is 0 Å². The average molecular weight is 834 g/mol. The van der Waals surface area contributed by atoms with Gasteiger partial charge < -0.3 is 53.4 Å². The summed E-state index contributed by atoms with van der Waals surface area (Å²) in [4.78, 5) is 16.3. The summed E-state index contributed by atoms with van der Waals surface area (Å²) >= 11 is 0. The summed E-state index contributed by atoms with van der Waals surface area (Å²) in [5, 5.41) is 36.0. The molecular formula is C40H74NO11Y-. The molecule has 3 rings (SSSR count). The molecule has 0 aromatic heterocycles. The second-order valence-electron chi connectivity index (χ2n) is 17.4. The van der Waals surface area contributed by atoms with Gasteiger partial charge in [-0.1, -0.05) is 41.5 Å². The number of methoxy groups -OCH3 is 2. The Bertz CT molecular complexity index is 1140. The second kappa shape index (κ2) is 19.7. The molecule has 0 aromatic carbocycles. The molecule has 18 atom stereocenters. The summed E-state index contributed by atoms with van der Waals surface area (Å²) in [5.41, 5.74) is -3.80. The average Bonchev–Trinajstić information content (AvgIpc) is 3.07. The van der Waals surface area contributed by atoms with E-state index in [0.29, 0.717) is 6.42 Å². The summed E-state index contributed by atoms with van der Waals surface area (Å²) in [7, 11) is 7.31. The maximum absolute atomic E-state index is 14.2. The number of nitrogens with zero attached hydrogens (tertiary/aromatic N) is 1. The van der Waals surface area contributed by atoms with Crippen molar-refractivity contribution in [3.8, 4) is 0 Å². The Morgan fingerprint density at radius 1 is 0.925 bits per heavy atom. The third-order valence-corrected chi connectivity index (χ3v) is 13.3. The van der Waals surface area contributed by atoms with E-state index in [1.807, 2.05) is 69.5 Å². The van der Waals surface area contributed by atoms with Crippen molar-refractivity contribution >= 4 is 5.97 Å². The molecule has 0 bridgehead atoms. The van der Waals surface area contributed by atoms with E-state index in [4.69, 9.17) is 33.2 Å². The van der Waals surface area contributed by atoms with Crippen molar-refractivity contribution in [1.29, 1.82) is 0 Å². The van der Waals surface area contributed by atoms with Gasteiger partial charge in [0.1, 0.15) is 17.8 Å². The molecule has 3 heterocycles. The van der Waals surface area contributed by atoms with Gasteiger partial charge in [-0.15, -0.1) is 0 Å². The molecule has 1 radical (unpaired) electrons. The van der Waals surface area contributed by atoms with Crippen LogP contribution in [0.15, 0.2) is 0 Å². The molecule has 53 heavy (non-hydrogen) atoms. The van der Waals surface area contributed by atoms with Crippen LogP contribution in [0.5, 0.6) is 0 Å². The van der Waals surface area contributed by atoms with Crippen LogP contribution >= 0.6 is 0 Å². The summed E-state index contributed by atoms with van der Waals surface area (Å²) in [6.07, 6.45) is -4.89. The van der Waals surface area contributed by atoms with Crippen molar-refractivity contribution in [2.75, 3.05) is 28.3 Å². The number of likely N-dealkylation sites (N-methyl/N-ethyl adjacent to an activating group) is 1. The number of aliphatic hydroxyl groups excluding tert-OH is 1. The van der Waals surface area contributed by atoms with Crippen molar-refractivity contribution in [3.63, 3.8) is 0 Å². The molecule has 0 aromatic rings. The third-order valence-electron chi connectivity index (χ3n) is 13.3. The molecule has 0 spiro atoms. The fraction of sp³-hybridized carbons (Fsp3) is 0.950. The fourth-order valence-electron chi connectivity index (χ4n) is 9.03. The predicted molar refractivity (Wildman–Crippen MR) is 198 cm³/mol. The van der Waals surface area contributed by atoms with Crippen molar-refractivity contribution in [2.45, 2.75) is 187 Å². The van der Waals surface area contributed by atoms with E-state index in [-0.39, 0.29) is 87.5 Å². The molecule has 12 nitrogen and oxygen atoms in total. The monoisotopic (exact) mass is 833 g/mol. The summed E-state index contributed by atoms with van der Waals surface area (Å²) < 4.78 is 44.7. The zero-order valence-corrected chi connectivity index (χ0v) is 38.5. The van der Waals surface area contributed by atoms with Gasteiger partial charge in [-0.2, -0.15) is 6.92 Å². The van der Waals surface area contributed by atoms with Gasteiger partial charge in [0, 0.05) is 65.3 Å². The van der Waals surface area contributed by atoms with Crippen LogP contribution in [0.25, 0.3) is 0 Å². The Balaban J connectivity index is 0.00000972. The summed E-state index contributed by atoms with van der Waals surface area (Å²) in [6, 6.07) is -0.0151. The van der Waals surface area contributed by atoms with E-state index in [0.717, 1.165) is 6.42 Å². The van der Waals surface area contributed by atoms with Crippen LogP contribution in [-0.4, -0.2) is 133 Å². The maximum Gasteiger partial charge on any atom is 0.185 e. The van der Waals surface area contributed by atoms with Gasteiger partial charge in [-0.3, -0.25) is 4.79 Å². The van der Waals surface area contributed by atoms with Crippen LogP contribution in [0, 0.1) is 35.5 Å². The van der Waals surface area contributed by atoms with Gasteiger partial charge in [0.15, 0.2) is 18.5 Å². The first-order valence-electron chi connectivity index (χ1n) is 19.5. The van der Waals surface area contributed by atoms with E-state index in [1.54, 1.807) is 28.1 Å². The van der Waals surface area contributed by atoms with E-state index in [9.17, 15) is 20.1 Å². The van der Waals surface area contributed by atoms with Gasteiger partial charge in [0.05, 0.1) is 35.6 Å².